The van der Waals surface area contributed by atoms with Crippen molar-refractivity contribution in [1.29, 1.82) is 0 Å². The van der Waals surface area contributed by atoms with Gasteiger partial charge in [-0.2, -0.15) is 5.90 Å². The standard InChI is InChI=1S/C9H12BrN3O/c10-8-3-1-7(2-4-8)5-13-6-9(11)14-12/h1-4,6,13H,5,11-12H2/b9-6-. The molecule has 4 nitrogen and oxygen atoms in total. The Labute approximate surface area is 91.0 Å². The maximum Gasteiger partial charge on any atom is 0.224 e. The third-order valence-corrected chi connectivity index (χ3v) is 2.13. The van der Waals surface area contributed by atoms with Crippen molar-refractivity contribution in [3.8, 4) is 0 Å². The number of nitrogens with two attached hydrogens (primary N) is 2. The number of rotatable bonds is 4. The van der Waals surface area contributed by atoms with Gasteiger partial charge in [0.25, 0.3) is 0 Å². The monoisotopic (exact) mass is 257 g/mol. The summed E-state index contributed by atoms with van der Waals surface area (Å²) in [5, 5.41) is 2.96. The van der Waals surface area contributed by atoms with Crippen molar-refractivity contribution >= 4 is 15.9 Å². The van der Waals surface area contributed by atoms with Gasteiger partial charge in [-0.3, -0.25) is 0 Å². The molecule has 0 aromatic heterocycles. The van der Waals surface area contributed by atoms with Crippen LogP contribution in [0.3, 0.4) is 0 Å². The van der Waals surface area contributed by atoms with Crippen molar-refractivity contribution in [2.24, 2.45) is 11.6 Å². The molecule has 0 bridgehead atoms. The molecule has 76 valence electrons. The normalized spacial score (nSPS) is 11.1. The molecule has 0 amide bonds. The lowest BCUT2D eigenvalue weighted by Crippen LogP contribution is -2.13. The minimum Gasteiger partial charge on any atom is -0.392 e. The van der Waals surface area contributed by atoms with E-state index in [-0.39, 0.29) is 5.88 Å². The SMILES string of the molecule is NO/C(N)=C\NCc1ccc(Br)cc1. The maximum atomic E-state index is 5.31. The summed E-state index contributed by atoms with van der Waals surface area (Å²) in [7, 11) is 0. The quantitative estimate of drug-likeness (QED) is 0.560. The Balaban J connectivity index is 2.42. The van der Waals surface area contributed by atoms with Crippen LogP contribution in [0.25, 0.3) is 0 Å². The lowest BCUT2D eigenvalue weighted by atomic mass is 10.2. The third-order valence-electron chi connectivity index (χ3n) is 1.60. The first-order valence-corrected chi connectivity index (χ1v) is 4.82. The Morgan fingerprint density at radius 2 is 2.07 bits per heavy atom. The fourth-order valence-electron chi connectivity index (χ4n) is 0.906. The highest BCUT2D eigenvalue weighted by Crippen LogP contribution is 2.10. The van der Waals surface area contributed by atoms with E-state index in [0.29, 0.717) is 6.54 Å². The van der Waals surface area contributed by atoms with Gasteiger partial charge in [-0.05, 0) is 17.7 Å². The molecule has 14 heavy (non-hydrogen) atoms. The van der Waals surface area contributed by atoms with Gasteiger partial charge in [-0.15, -0.1) is 0 Å². The van der Waals surface area contributed by atoms with Gasteiger partial charge in [0.2, 0.25) is 5.88 Å². The summed E-state index contributed by atoms with van der Waals surface area (Å²) in [4.78, 5) is 4.28. The lowest BCUT2D eigenvalue weighted by Gasteiger charge is -2.02. The summed E-state index contributed by atoms with van der Waals surface area (Å²) in [6.07, 6.45) is 1.52. The summed E-state index contributed by atoms with van der Waals surface area (Å²) >= 11 is 3.36. The molecule has 0 aliphatic rings. The van der Waals surface area contributed by atoms with Crippen LogP contribution in [0.1, 0.15) is 5.56 Å². The molecule has 0 spiro atoms. The van der Waals surface area contributed by atoms with E-state index < -0.39 is 0 Å². The van der Waals surface area contributed by atoms with E-state index in [4.69, 9.17) is 11.6 Å². The molecule has 1 aromatic carbocycles. The molecule has 0 saturated carbocycles. The second-order valence-electron chi connectivity index (χ2n) is 2.67. The van der Waals surface area contributed by atoms with Crippen LogP contribution >= 0.6 is 15.9 Å². The summed E-state index contributed by atoms with van der Waals surface area (Å²) < 4.78 is 1.06. The minimum atomic E-state index is 0.155. The molecular formula is C9H12BrN3O. The van der Waals surface area contributed by atoms with E-state index >= 15 is 0 Å². The molecule has 0 unspecified atom stereocenters. The summed E-state index contributed by atoms with van der Waals surface area (Å²) in [6.45, 7) is 0.678. The Hall–Kier alpha value is -1.20. The van der Waals surface area contributed by atoms with Crippen LogP contribution in [-0.2, 0) is 11.4 Å². The fraction of sp³-hybridized carbons (Fsp3) is 0.111. The molecule has 5 heteroatoms. The zero-order valence-corrected chi connectivity index (χ0v) is 9.12. The van der Waals surface area contributed by atoms with Gasteiger partial charge in [0.1, 0.15) is 0 Å². The first-order chi connectivity index (χ1) is 6.72. The average Bonchev–Trinajstić information content (AvgIpc) is 2.21. The van der Waals surface area contributed by atoms with Crippen LogP contribution in [0.4, 0.5) is 0 Å². The molecule has 0 heterocycles. The van der Waals surface area contributed by atoms with Crippen molar-refractivity contribution in [2.45, 2.75) is 6.54 Å². The topological polar surface area (TPSA) is 73.3 Å². The molecule has 0 radical (unpaired) electrons. The second kappa shape index (κ2) is 5.51. The van der Waals surface area contributed by atoms with E-state index in [2.05, 4.69) is 26.1 Å². The van der Waals surface area contributed by atoms with Crippen LogP contribution in [0.2, 0.25) is 0 Å². The first-order valence-electron chi connectivity index (χ1n) is 4.02. The highest BCUT2D eigenvalue weighted by molar-refractivity contribution is 9.10. The number of halogens is 1. The first kappa shape index (κ1) is 10.9. The highest BCUT2D eigenvalue weighted by Gasteiger charge is 1.91. The third kappa shape index (κ3) is 3.68. The summed E-state index contributed by atoms with van der Waals surface area (Å²) in [6, 6.07) is 7.96. The van der Waals surface area contributed by atoms with Crippen LogP contribution in [0.15, 0.2) is 40.8 Å². The molecule has 0 atom stereocenters. The number of hydrogen-bond donors (Lipinski definition) is 3. The van der Waals surface area contributed by atoms with Crippen LogP contribution in [-0.4, -0.2) is 0 Å². The van der Waals surface area contributed by atoms with Gasteiger partial charge >= 0.3 is 0 Å². The van der Waals surface area contributed by atoms with E-state index in [0.717, 1.165) is 10.0 Å². The van der Waals surface area contributed by atoms with Crippen molar-refractivity contribution in [3.63, 3.8) is 0 Å². The van der Waals surface area contributed by atoms with Gasteiger partial charge in [0, 0.05) is 11.0 Å². The molecule has 0 aliphatic heterocycles. The summed E-state index contributed by atoms with van der Waals surface area (Å²) in [5.41, 5.74) is 6.45. The molecule has 5 N–H and O–H groups in total. The zero-order chi connectivity index (χ0) is 10.4. The number of nitrogens with one attached hydrogen (secondary N) is 1. The van der Waals surface area contributed by atoms with Crippen LogP contribution in [0.5, 0.6) is 0 Å². The Morgan fingerprint density at radius 3 is 2.64 bits per heavy atom. The molecule has 0 aliphatic carbocycles. The summed E-state index contributed by atoms with van der Waals surface area (Å²) in [5.74, 6) is 4.99. The predicted molar refractivity (Wildman–Crippen MR) is 58.5 cm³/mol. The number of hydrogen-bond acceptors (Lipinski definition) is 4. The van der Waals surface area contributed by atoms with Crippen molar-refractivity contribution in [2.75, 3.05) is 0 Å². The van der Waals surface area contributed by atoms with Gasteiger partial charge in [-0.1, -0.05) is 28.1 Å². The number of benzene rings is 1. The zero-order valence-electron chi connectivity index (χ0n) is 7.53. The van der Waals surface area contributed by atoms with Crippen LogP contribution < -0.4 is 16.9 Å². The molecule has 0 fully saturated rings. The maximum absolute atomic E-state index is 5.31. The Kier molecular flexibility index (Phi) is 4.28. The van der Waals surface area contributed by atoms with Gasteiger partial charge in [0.05, 0.1) is 6.20 Å². The molecule has 1 aromatic rings. The smallest absolute Gasteiger partial charge is 0.224 e. The van der Waals surface area contributed by atoms with E-state index in [9.17, 15) is 0 Å². The molecule has 1 rings (SSSR count). The van der Waals surface area contributed by atoms with E-state index in [1.165, 1.54) is 6.20 Å². The van der Waals surface area contributed by atoms with E-state index in [1.807, 2.05) is 24.3 Å². The van der Waals surface area contributed by atoms with Gasteiger partial charge < -0.3 is 15.9 Å². The van der Waals surface area contributed by atoms with Crippen molar-refractivity contribution < 1.29 is 4.84 Å². The second-order valence-corrected chi connectivity index (χ2v) is 3.59. The minimum absolute atomic E-state index is 0.155. The van der Waals surface area contributed by atoms with Crippen LogP contribution in [0, 0.1) is 0 Å². The molecular weight excluding hydrogens is 246 g/mol. The fourth-order valence-corrected chi connectivity index (χ4v) is 1.17. The van der Waals surface area contributed by atoms with E-state index in [1.54, 1.807) is 0 Å². The largest absolute Gasteiger partial charge is 0.392 e. The predicted octanol–water partition coefficient (Wildman–Crippen LogP) is 1.19. The Bertz CT molecular complexity index is 310. The van der Waals surface area contributed by atoms with Crippen molar-refractivity contribution in [3.05, 3.63) is 46.4 Å². The Morgan fingerprint density at radius 1 is 1.43 bits per heavy atom. The van der Waals surface area contributed by atoms with Crippen molar-refractivity contribution in [1.82, 2.24) is 5.32 Å². The lowest BCUT2D eigenvalue weighted by molar-refractivity contribution is 0.215. The van der Waals surface area contributed by atoms with Gasteiger partial charge in [0.15, 0.2) is 0 Å². The average molecular weight is 258 g/mol. The highest BCUT2D eigenvalue weighted by atomic mass is 79.9. The van der Waals surface area contributed by atoms with Gasteiger partial charge in [-0.25, -0.2) is 0 Å². The molecule has 0 saturated heterocycles.